The molecule has 4 aliphatic rings. The Kier molecular flexibility index (Phi) is 6.88. The molecule has 2 aliphatic carbocycles. The number of H-pyrrole nitrogens is 1. The van der Waals surface area contributed by atoms with E-state index < -0.39 is 23.6 Å². The van der Waals surface area contributed by atoms with Crippen LogP contribution in [0.5, 0.6) is 5.75 Å². The number of nitrogens with one attached hydrogen (secondary N) is 2. The normalized spacial score (nSPS) is 27.7. The Morgan fingerprint density at radius 1 is 1.00 bits per heavy atom. The highest BCUT2D eigenvalue weighted by Crippen LogP contribution is 2.69. The van der Waals surface area contributed by atoms with Gasteiger partial charge in [0.1, 0.15) is 11.6 Å². The van der Waals surface area contributed by atoms with E-state index in [1.807, 2.05) is 24.3 Å². The van der Waals surface area contributed by atoms with Crippen LogP contribution in [0.3, 0.4) is 0 Å². The van der Waals surface area contributed by atoms with Gasteiger partial charge in [-0.25, -0.2) is 4.39 Å². The fourth-order valence-corrected chi connectivity index (χ4v) is 11.0. The number of fused-ring (bicyclic) bond motifs is 9. The molecule has 8 rings (SSSR count). The molecular formula is C33H25ClFN3O5S2. The zero-order chi connectivity index (χ0) is 31.0. The number of thioether (sulfide) groups is 1. The Labute approximate surface area is 269 Å². The maximum Gasteiger partial charge on any atom is 0.305 e. The molecular weight excluding hydrogens is 637 g/mol. The van der Waals surface area contributed by atoms with Crippen molar-refractivity contribution in [1.82, 2.24) is 4.98 Å². The fourth-order valence-electron chi connectivity index (χ4n) is 7.96. The summed E-state index contributed by atoms with van der Waals surface area (Å²) in [5.74, 6) is -2.11. The monoisotopic (exact) mass is 661 g/mol. The number of nitrogens with zero attached hydrogens (tertiary/aromatic N) is 1. The molecule has 1 saturated heterocycles. The summed E-state index contributed by atoms with van der Waals surface area (Å²) < 4.78 is 19.4. The van der Waals surface area contributed by atoms with Gasteiger partial charge in [0.05, 0.1) is 22.5 Å². The second-order valence-electron chi connectivity index (χ2n) is 11.8. The third kappa shape index (κ3) is 4.62. The average molecular weight is 662 g/mol. The molecule has 0 spiro atoms. The second kappa shape index (κ2) is 10.9. The first-order valence-corrected chi connectivity index (χ1v) is 16.7. The Morgan fingerprint density at radius 3 is 2.49 bits per heavy atom. The maximum absolute atomic E-state index is 14.0. The van der Waals surface area contributed by atoms with Crippen molar-refractivity contribution in [3.63, 3.8) is 0 Å². The van der Waals surface area contributed by atoms with E-state index in [1.165, 1.54) is 29.2 Å². The second-order valence-corrected chi connectivity index (χ2v) is 14.5. The van der Waals surface area contributed by atoms with Gasteiger partial charge in [-0.3, -0.25) is 24.1 Å². The Bertz CT molecular complexity index is 1920. The van der Waals surface area contributed by atoms with E-state index in [4.69, 9.17) is 16.3 Å². The van der Waals surface area contributed by atoms with Crippen LogP contribution < -0.4 is 19.8 Å². The van der Waals surface area contributed by atoms with E-state index in [1.54, 1.807) is 36.0 Å². The minimum absolute atomic E-state index is 0.0138. The Hall–Kier alpha value is -3.93. The smallest absolute Gasteiger partial charge is 0.305 e. The summed E-state index contributed by atoms with van der Waals surface area (Å²) in [5.41, 5.74) is 1.75. The van der Waals surface area contributed by atoms with Crippen LogP contribution >= 0.6 is 34.7 Å². The van der Waals surface area contributed by atoms with Crippen molar-refractivity contribution in [2.45, 2.75) is 22.6 Å². The molecule has 45 heavy (non-hydrogen) atoms. The van der Waals surface area contributed by atoms with E-state index in [0.29, 0.717) is 22.1 Å². The lowest BCUT2D eigenvalue weighted by molar-refractivity contribution is -0.123. The van der Waals surface area contributed by atoms with Crippen molar-refractivity contribution in [1.29, 1.82) is 0 Å². The van der Waals surface area contributed by atoms with Crippen LogP contribution in [0.15, 0.2) is 82.6 Å². The number of carbonyl (C=O) groups is 3. The summed E-state index contributed by atoms with van der Waals surface area (Å²) >= 11 is 9.28. The maximum atomic E-state index is 14.0. The predicted octanol–water partition coefficient (Wildman–Crippen LogP) is 5.92. The van der Waals surface area contributed by atoms with Crippen molar-refractivity contribution >= 4 is 63.8 Å². The number of ether oxygens (including phenoxy) is 1. The van der Waals surface area contributed by atoms with Gasteiger partial charge in [0.15, 0.2) is 6.61 Å². The van der Waals surface area contributed by atoms with E-state index in [2.05, 4.69) is 10.3 Å². The van der Waals surface area contributed by atoms with E-state index in [0.717, 1.165) is 33.2 Å². The molecule has 2 saturated carbocycles. The summed E-state index contributed by atoms with van der Waals surface area (Å²) in [6.07, 6.45) is 0.740. The molecule has 8 nitrogen and oxygen atoms in total. The highest BCUT2D eigenvalue weighted by atomic mass is 35.5. The zero-order valence-electron chi connectivity index (χ0n) is 23.4. The van der Waals surface area contributed by atoms with Crippen LogP contribution in [-0.2, 0) is 14.4 Å². The third-order valence-electron chi connectivity index (χ3n) is 9.53. The summed E-state index contributed by atoms with van der Waals surface area (Å²) in [6.45, 7) is -0.312. The molecule has 2 N–H and O–H groups in total. The van der Waals surface area contributed by atoms with Gasteiger partial charge < -0.3 is 15.0 Å². The SMILES string of the molecule is O=C(COc1ccc(Cl)cc1[C@H]1c2sc(=O)[nH]c2SC2C1[C@H]1C[C@@H]2C2C(=O)N(c3ccccc3)C(=O)C21)Nc1ccc(F)cc1. The molecule has 3 heterocycles. The first kappa shape index (κ1) is 28.5. The molecule has 3 amide bonds. The number of hydrogen-bond donors (Lipinski definition) is 2. The lowest BCUT2D eigenvalue weighted by atomic mass is 9.68. The van der Waals surface area contributed by atoms with E-state index in [-0.39, 0.29) is 52.2 Å². The number of halogens is 2. The van der Waals surface area contributed by atoms with Crippen molar-refractivity contribution in [3.8, 4) is 5.75 Å². The number of aromatic nitrogens is 1. The summed E-state index contributed by atoms with van der Waals surface area (Å²) in [7, 11) is 0. The molecule has 228 valence electrons. The highest BCUT2D eigenvalue weighted by Gasteiger charge is 2.69. The minimum atomic E-state index is -0.450. The standard InChI is InChI=1S/C33H25ClFN3O5S2/c34-15-6-11-22(43-14-23(39)36-17-9-7-16(35)8-10-17)19(12-15)24-25-20-13-21(28(25)44-30-29(24)45-33(42)37-30)27-26(20)31(40)38(32(27)41)18-4-2-1-3-5-18/h1-12,20-21,24-28H,13-14H2,(H,36,39)(H,37,42)/t20-,21-,24-,25?,26?,27?,28?/m1/s1. The lowest BCUT2D eigenvalue weighted by Gasteiger charge is -2.43. The topological polar surface area (TPSA) is 109 Å². The van der Waals surface area contributed by atoms with Gasteiger partial charge in [-0.05, 0) is 78.8 Å². The van der Waals surface area contributed by atoms with Gasteiger partial charge >= 0.3 is 4.87 Å². The molecule has 0 radical (unpaired) electrons. The van der Waals surface area contributed by atoms with Crippen LogP contribution in [0.1, 0.15) is 22.8 Å². The van der Waals surface area contributed by atoms with Gasteiger partial charge in [-0.2, -0.15) is 0 Å². The number of imide groups is 1. The predicted molar refractivity (Wildman–Crippen MR) is 169 cm³/mol. The molecule has 1 aromatic heterocycles. The highest BCUT2D eigenvalue weighted by molar-refractivity contribution is 8.00. The summed E-state index contributed by atoms with van der Waals surface area (Å²) in [4.78, 5) is 58.2. The molecule has 2 aliphatic heterocycles. The van der Waals surface area contributed by atoms with Crippen molar-refractivity contribution in [2.75, 3.05) is 16.8 Å². The van der Waals surface area contributed by atoms with Gasteiger partial charge in [-0.15, -0.1) is 11.8 Å². The van der Waals surface area contributed by atoms with Crippen LogP contribution in [-0.4, -0.2) is 34.6 Å². The Morgan fingerprint density at radius 2 is 1.73 bits per heavy atom. The number of hydrogen-bond acceptors (Lipinski definition) is 7. The number of para-hydroxylation sites is 1. The third-order valence-corrected chi connectivity index (χ3v) is 12.4. The van der Waals surface area contributed by atoms with Crippen LogP contribution in [0.4, 0.5) is 15.8 Å². The first-order chi connectivity index (χ1) is 21.8. The fraction of sp³-hybridized carbons (Fsp3) is 0.273. The zero-order valence-corrected chi connectivity index (χ0v) is 25.8. The van der Waals surface area contributed by atoms with Crippen molar-refractivity contribution in [2.24, 2.45) is 29.6 Å². The number of carbonyl (C=O) groups excluding carboxylic acids is 3. The number of anilines is 2. The molecule has 12 heteroatoms. The van der Waals surface area contributed by atoms with Crippen molar-refractivity contribution in [3.05, 3.63) is 104 Å². The molecule has 2 bridgehead atoms. The molecule has 3 aromatic carbocycles. The molecule has 4 unspecified atom stereocenters. The van der Waals surface area contributed by atoms with Gasteiger partial charge in [0.25, 0.3) is 5.91 Å². The molecule has 3 fully saturated rings. The number of benzene rings is 3. The Balaban J connectivity index is 1.14. The number of aromatic amines is 1. The van der Waals surface area contributed by atoms with Gasteiger partial charge in [-0.1, -0.05) is 41.1 Å². The van der Waals surface area contributed by atoms with Gasteiger partial charge in [0.2, 0.25) is 11.8 Å². The van der Waals surface area contributed by atoms with E-state index in [9.17, 15) is 23.6 Å². The summed E-state index contributed by atoms with van der Waals surface area (Å²) in [5, 5.41) is 3.92. The number of amides is 3. The largest absolute Gasteiger partial charge is 0.483 e. The summed E-state index contributed by atoms with van der Waals surface area (Å²) in [6, 6.07) is 19.7. The van der Waals surface area contributed by atoms with Crippen LogP contribution in [0.25, 0.3) is 0 Å². The van der Waals surface area contributed by atoms with Crippen LogP contribution in [0.2, 0.25) is 5.02 Å². The molecule has 4 aromatic rings. The van der Waals surface area contributed by atoms with E-state index >= 15 is 0 Å². The first-order valence-electron chi connectivity index (χ1n) is 14.6. The quantitative estimate of drug-likeness (QED) is 0.248. The van der Waals surface area contributed by atoms with Crippen LogP contribution in [0, 0.1) is 35.4 Å². The van der Waals surface area contributed by atoms with Crippen molar-refractivity contribution < 1.29 is 23.5 Å². The number of rotatable bonds is 6. The van der Waals surface area contributed by atoms with Gasteiger partial charge in [0, 0.05) is 32.3 Å². The number of thiazole rings is 1. The molecule has 7 atom stereocenters. The minimum Gasteiger partial charge on any atom is -0.483 e. The average Bonchev–Trinajstić information content (AvgIpc) is 3.77. The lowest BCUT2D eigenvalue weighted by Crippen LogP contribution is -2.42.